The van der Waals surface area contributed by atoms with Gasteiger partial charge in [0.25, 0.3) is 0 Å². The summed E-state index contributed by atoms with van der Waals surface area (Å²) >= 11 is 3.15. The number of urea groups is 1. The number of carbonyl (C=O) groups is 1. The van der Waals surface area contributed by atoms with Gasteiger partial charge in [-0.25, -0.2) is 4.79 Å². The highest BCUT2D eigenvalue weighted by Gasteiger charge is 2.01. The molecule has 0 aliphatic rings. The van der Waals surface area contributed by atoms with Crippen LogP contribution in [0, 0.1) is 0 Å². The highest BCUT2D eigenvalue weighted by molar-refractivity contribution is 9.11. The molecule has 0 saturated heterocycles. The summed E-state index contributed by atoms with van der Waals surface area (Å²) in [7, 11) is 1.58. The lowest BCUT2D eigenvalue weighted by atomic mass is 10.3. The number of benzene rings is 1. The number of rotatable bonds is 4. The Labute approximate surface area is 103 Å². The molecule has 0 aliphatic heterocycles. The summed E-state index contributed by atoms with van der Waals surface area (Å²) in [6.07, 6.45) is 0. The van der Waals surface area contributed by atoms with Gasteiger partial charge in [0.2, 0.25) is 0 Å². The Morgan fingerprint density at radius 1 is 1.56 bits per heavy atom. The number of ether oxygens (including phenoxy) is 1. The van der Waals surface area contributed by atoms with Crippen LogP contribution in [0.15, 0.2) is 35.3 Å². The maximum Gasteiger partial charge on any atom is 0.319 e. The van der Waals surface area contributed by atoms with Gasteiger partial charge in [-0.05, 0) is 12.1 Å². The molecule has 0 bridgehead atoms. The first kappa shape index (κ1) is 12.6. The molecule has 1 aromatic carbocycles. The van der Waals surface area contributed by atoms with Crippen LogP contribution in [0.5, 0.6) is 5.75 Å². The molecule has 2 N–H and O–H groups in total. The fourth-order valence-corrected chi connectivity index (χ4v) is 1.19. The largest absolute Gasteiger partial charge is 0.497 e. The van der Waals surface area contributed by atoms with Crippen LogP contribution < -0.4 is 15.4 Å². The Balaban J connectivity index is 2.52. The van der Waals surface area contributed by atoms with Gasteiger partial charge in [0.05, 0.1) is 13.7 Å². The molecule has 5 heteroatoms. The van der Waals surface area contributed by atoms with Crippen LogP contribution >= 0.6 is 15.9 Å². The summed E-state index contributed by atoms with van der Waals surface area (Å²) in [5.41, 5.74) is 0.678. The quantitative estimate of drug-likeness (QED) is 0.893. The highest BCUT2D eigenvalue weighted by atomic mass is 79.9. The Morgan fingerprint density at radius 2 is 2.31 bits per heavy atom. The average molecular weight is 285 g/mol. The molecule has 0 heterocycles. The molecule has 0 radical (unpaired) electrons. The molecule has 0 saturated carbocycles. The number of carbonyl (C=O) groups excluding carboxylic acids is 1. The molecule has 86 valence electrons. The van der Waals surface area contributed by atoms with E-state index in [0.717, 1.165) is 0 Å². The Bertz CT molecular complexity index is 393. The lowest BCUT2D eigenvalue weighted by molar-refractivity contribution is 0.253. The van der Waals surface area contributed by atoms with Gasteiger partial charge in [-0.1, -0.05) is 28.6 Å². The second-order valence-electron chi connectivity index (χ2n) is 3.06. The standard InChI is InChI=1S/C11H13BrN2O2/c1-8(12)7-13-11(15)14-9-4-3-5-10(6-9)16-2/h3-6H,1,7H2,2H3,(H2,13,14,15). The van der Waals surface area contributed by atoms with E-state index in [9.17, 15) is 4.79 Å². The molecule has 2 amide bonds. The van der Waals surface area contributed by atoms with E-state index in [0.29, 0.717) is 22.5 Å². The number of anilines is 1. The molecule has 0 aliphatic carbocycles. The van der Waals surface area contributed by atoms with Crippen molar-refractivity contribution in [3.8, 4) is 5.75 Å². The van der Waals surface area contributed by atoms with Crippen LogP contribution in [0.3, 0.4) is 0 Å². The van der Waals surface area contributed by atoms with Crippen molar-refractivity contribution in [1.82, 2.24) is 5.32 Å². The molecule has 16 heavy (non-hydrogen) atoms. The van der Waals surface area contributed by atoms with E-state index in [4.69, 9.17) is 4.74 Å². The predicted molar refractivity (Wildman–Crippen MR) is 68.1 cm³/mol. The van der Waals surface area contributed by atoms with Crippen molar-refractivity contribution in [2.45, 2.75) is 0 Å². The van der Waals surface area contributed by atoms with Gasteiger partial charge in [-0.3, -0.25) is 0 Å². The summed E-state index contributed by atoms with van der Waals surface area (Å²) in [6, 6.07) is 6.85. The van der Waals surface area contributed by atoms with Crippen LogP contribution in [0.1, 0.15) is 0 Å². The molecule has 4 nitrogen and oxygen atoms in total. The summed E-state index contributed by atoms with van der Waals surface area (Å²) in [5, 5.41) is 5.31. The smallest absolute Gasteiger partial charge is 0.319 e. The summed E-state index contributed by atoms with van der Waals surface area (Å²) in [6.45, 7) is 4.00. The first-order valence-electron chi connectivity index (χ1n) is 4.64. The fraction of sp³-hybridized carbons (Fsp3) is 0.182. The second-order valence-corrected chi connectivity index (χ2v) is 4.18. The average Bonchev–Trinajstić information content (AvgIpc) is 2.26. The molecule has 0 spiro atoms. The second kappa shape index (κ2) is 6.17. The van der Waals surface area contributed by atoms with Crippen molar-refractivity contribution in [3.63, 3.8) is 0 Å². The van der Waals surface area contributed by atoms with Crippen molar-refractivity contribution in [3.05, 3.63) is 35.3 Å². The van der Waals surface area contributed by atoms with E-state index >= 15 is 0 Å². The van der Waals surface area contributed by atoms with Crippen molar-refractivity contribution in [2.75, 3.05) is 19.0 Å². The Hall–Kier alpha value is -1.49. The van der Waals surface area contributed by atoms with Crippen molar-refractivity contribution in [1.29, 1.82) is 0 Å². The van der Waals surface area contributed by atoms with E-state index in [2.05, 4.69) is 33.1 Å². The van der Waals surface area contributed by atoms with E-state index in [1.54, 1.807) is 25.3 Å². The van der Waals surface area contributed by atoms with E-state index < -0.39 is 0 Å². The highest BCUT2D eigenvalue weighted by Crippen LogP contribution is 2.16. The molecule has 0 fully saturated rings. The van der Waals surface area contributed by atoms with Crippen LogP contribution in [-0.4, -0.2) is 19.7 Å². The lowest BCUT2D eigenvalue weighted by Gasteiger charge is -2.08. The third-order valence-corrected chi connectivity index (χ3v) is 2.05. The van der Waals surface area contributed by atoms with Crippen LogP contribution in [-0.2, 0) is 0 Å². The van der Waals surface area contributed by atoms with Crippen LogP contribution in [0.2, 0.25) is 0 Å². The SMILES string of the molecule is C=C(Br)CNC(=O)Nc1cccc(OC)c1. The van der Waals surface area contributed by atoms with E-state index in [-0.39, 0.29) is 6.03 Å². The third-order valence-electron chi connectivity index (χ3n) is 1.77. The summed E-state index contributed by atoms with van der Waals surface area (Å²) in [5.74, 6) is 0.697. The van der Waals surface area contributed by atoms with Crippen LogP contribution in [0.4, 0.5) is 10.5 Å². The molecule has 1 rings (SSSR count). The first-order valence-corrected chi connectivity index (χ1v) is 5.43. The minimum absolute atomic E-state index is 0.283. The third kappa shape index (κ3) is 4.35. The van der Waals surface area contributed by atoms with Gasteiger partial charge in [-0.15, -0.1) is 0 Å². The van der Waals surface area contributed by atoms with Gasteiger partial charge in [-0.2, -0.15) is 0 Å². The monoisotopic (exact) mass is 284 g/mol. The number of hydrogen-bond acceptors (Lipinski definition) is 2. The van der Waals surface area contributed by atoms with E-state index in [1.807, 2.05) is 6.07 Å². The number of hydrogen-bond donors (Lipinski definition) is 2. The summed E-state index contributed by atoms with van der Waals surface area (Å²) in [4.78, 5) is 11.4. The Morgan fingerprint density at radius 3 is 2.94 bits per heavy atom. The maximum absolute atomic E-state index is 11.4. The number of halogens is 1. The zero-order chi connectivity index (χ0) is 12.0. The number of amides is 2. The topological polar surface area (TPSA) is 50.4 Å². The molecule has 1 aromatic rings. The molecular formula is C11H13BrN2O2. The normalized spacial score (nSPS) is 9.38. The van der Waals surface area contributed by atoms with Gasteiger partial charge >= 0.3 is 6.03 Å². The minimum atomic E-state index is -0.283. The van der Waals surface area contributed by atoms with Gasteiger partial charge in [0.15, 0.2) is 0 Å². The van der Waals surface area contributed by atoms with Gasteiger partial charge < -0.3 is 15.4 Å². The molecule has 0 atom stereocenters. The van der Waals surface area contributed by atoms with Crippen molar-refractivity contribution < 1.29 is 9.53 Å². The molecule has 0 unspecified atom stereocenters. The predicted octanol–water partition coefficient (Wildman–Crippen LogP) is 2.73. The minimum Gasteiger partial charge on any atom is -0.497 e. The van der Waals surface area contributed by atoms with Gasteiger partial charge in [0, 0.05) is 16.2 Å². The zero-order valence-electron chi connectivity index (χ0n) is 8.92. The number of nitrogens with one attached hydrogen (secondary N) is 2. The van der Waals surface area contributed by atoms with Crippen molar-refractivity contribution in [2.24, 2.45) is 0 Å². The van der Waals surface area contributed by atoms with Gasteiger partial charge in [0.1, 0.15) is 5.75 Å². The Kier molecular flexibility index (Phi) is 4.85. The summed E-state index contributed by atoms with van der Waals surface area (Å²) < 4.78 is 5.76. The maximum atomic E-state index is 11.4. The fourth-order valence-electron chi connectivity index (χ4n) is 1.05. The molecule has 0 aromatic heterocycles. The zero-order valence-corrected chi connectivity index (χ0v) is 10.5. The van der Waals surface area contributed by atoms with Crippen molar-refractivity contribution >= 4 is 27.6 Å². The first-order chi connectivity index (χ1) is 7.61. The molecular weight excluding hydrogens is 272 g/mol. The van der Waals surface area contributed by atoms with E-state index in [1.165, 1.54) is 0 Å². The van der Waals surface area contributed by atoms with Crippen LogP contribution in [0.25, 0.3) is 0 Å². The number of methoxy groups -OCH3 is 1. The lowest BCUT2D eigenvalue weighted by Crippen LogP contribution is -2.29.